The summed E-state index contributed by atoms with van der Waals surface area (Å²) in [5.74, 6) is 0.686. The van der Waals surface area contributed by atoms with E-state index in [1.54, 1.807) is 19.4 Å². The number of rotatable bonds is 5. The number of para-hydroxylation sites is 1. The molecule has 0 radical (unpaired) electrons. The number of methoxy groups -OCH3 is 1. The van der Waals surface area contributed by atoms with E-state index in [9.17, 15) is 9.90 Å². The lowest BCUT2D eigenvalue weighted by Gasteiger charge is -2.32. The maximum absolute atomic E-state index is 12.7. The van der Waals surface area contributed by atoms with E-state index in [4.69, 9.17) is 4.74 Å². The number of nitrogens with zero attached hydrogens (tertiary/aromatic N) is 5. The molecule has 1 amide bonds. The van der Waals surface area contributed by atoms with E-state index in [2.05, 4.69) is 15.2 Å². The van der Waals surface area contributed by atoms with Gasteiger partial charge in [0.05, 0.1) is 19.3 Å². The van der Waals surface area contributed by atoms with E-state index in [0.717, 1.165) is 57.4 Å². The number of ether oxygens (including phenoxy) is 1. The van der Waals surface area contributed by atoms with Crippen LogP contribution in [0.1, 0.15) is 54.2 Å². The van der Waals surface area contributed by atoms with E-state index >= 15 is 0 Å². The zero-order valence-corrected chi connectivity index (χ0v) is 17.0. The van der Waals surface area contributed by atoms with Gasteiger partial charge in [0.2, 0.25) is 0 Å². The Kier molecular flexibility index (Phi) is 5.99. The molecule has 2 aliphatic heterocycles. The van der Waals surface area contributed by atoms with Crippen LogP contribution in [0.5, 0.6) is 11.5 Å². The number of aromatic hydroxyl groups is 1. The van der Waals surface area contributed by atoms with Crippen LogP contribution < -0.4 is 4.74 Å². The Morgan fingerprint density at radius 2 is 2.03 bits per heavy atom. The predicted octanol–water partition coefficient (Wildman–Crippen LogP) is 2.46. The zero-order valence-electron chi connectivity index (χ0n) is 17.0. The van der Waals surface area contributed by atoms with Gasteiger partial charge in [0, 0.05) is 31.7 Å². The molecule has 0 saturated carbocycles. The molecule has 3 heterocycles. The molecule has 2 aliphatic rings. The van der Waals surface area contributed by atoms with Crippen LogP contribution in [0.15, 0.2) is 24.4 Å². The Bertz CT molecular complexity index is 847. The minimum absolute atomic E-state index is 0.00933. The van der Waals surface area contributed by atoms with E-state index in [1.807, 2.05) is 21.7 Å². The van der Waals surface area contributed by atoms with Gasteiger partial charge in [-0.1, -0.05) is 17.3 Å². The predicted molar refractivity (Wildman–Crippen MR) is 108 cm³/mol. The van der Waals surface area contributed by atoms with Crippen molar-refractivity contribution in [2.75, 3.05) is 33.3 Å². The Labute approximate surface area is 171 Å². The molecule has 8 heteroatoms. The molecular weight excluding hydrogens is 370 g/mol. The number of piperidine rings is 2. The van der Waals surface area contributed by atoms with Gasteiger partial charge in [-0.05, 0) is 44.7 Å². The number of carbonyl (C=O) groups is 1. The number of benzene rings is 1. The Morgan fingerprint density at radius 1 is 1.21 bits per heavy atom. The second kappa shape index (κ2) is 8.82. The fourth-order valence-electron chi connectivity index (χ4n) is 4.30. The van der Waals surface area contributed by atoms with Gasteiger partial charge in [-0.15, -0.1) is 5.10 Å². The lowest BCUT2D eigenvalue weighted by atomic mass is 10.0. The van der Waals surface area contributed by atoms with Crippen molar-refractivity contribution in [1.29, 1.82) is 0 Å². The van der Waals surface area contributed by atoms with E-state index in [-0.39, 0.29) is 17.7 Å². The first-order chi connectivity index (χ1) is 14.2. The highest BCUT2D eigenvalue weighted by molar-refractivity contribution is 5.91. The molecule has 2 saturated heterocycles. The van der Waals surface area contributed by atoms with E-state index in [0.29, 0.717) is 18.0 Å². The third kappa shape index (κ3) is 4.37. The van der Waals surface area contributed by atoms with Gasteiger partial charge in [0.1, 0.15) is 0 Å². The van der Waals surface area contributed by atoms with Crippen molar-refractivity contribution in [2.24, 2.45) is 0 Å². The third-order valence-corrected chi connectivity index (χ3v) is 5.92. The standard InChI is InChI=1S/C21H29N5O3/c1-29-19-9-5-7-16(20(19)27)13-24-10-6-8-17(14-24)26-15-18(22-23-26)21(28)25-11-3-2-4-12-25/h5,7,9,15,17,27H,2-4,6,8,10-14H2,1H3/t17-/m1/s1. The van der Waals surface area contributed by atoms with Crippen molar-refractivity contribution in [3.63, 3.8) is 0 Å². The van der Waals surface area contributed by atoms with Gasteiger partial charge in [0.15, 0.2) is 17.2 Å². The SMILES string of the molecule is COc1cccc(CN2CCC[C@@H](n3cc(C(=O)N4CCCCC4)nn3)C2)c1O. The van der Waals surface area contributed by atoms with Crippen LogP contribution in [-0.4, -0.2) is 69.1 Å². The summed E-state index contributed by atoms with van der Waals surface area (Å²) in [7, 11) is 1.56. The average molecular weight is 399 g/mol. The lowest BCUT2D eigenvalue weighted by Crippen LogP contribution is -2.36. The van der Waals surface area contributed by atoms with E-state index in [1.165, 1.54) is 6.42 Å². The molecule has 0 aliphatic carbocycles. The summed E-state index contributed by atoms with van der Waals surface area (Å²) in [6.45, 7) is 4.03. The van der Waals surface area contributed by atoms with Crippen molar-refractivity contribution in [2.45, 2.75) is 44.7 Å². The smallest absolute Gasteiger partial charge is 0.276 e. The molecule has 4 rings (SSSR count). The Hall–Kier alpha value is -2.61. The van der Waals surface area contributed by atoms with Gasteiger partial charge < -0.3 is 14.7 Å². The molecule has 0 bridgehead atoms. The number of amides is 1. The lowest BCUT2D eigenvalue weighted by molar-refractivity contribution is 0.0718. The van der Waals surface area contributed by atoms with E-state index < -0.39 is 0 Å². The maximum Gasteiger partial charge on any atom is 0.276 e. The molecule has 1 atom stereocenters. The monoisotopic (exact) mass is 399 g/mol. The molecule has 1 aromatic heterocycles. The van der Waals surface area contributed by atoms with Crippen molar-refractivity contribution in [1.82, 2.24) is 24.8 Å². The Balaban J connectivity index is 1.41. The molecule has 2 aromatic rings. The highest BCUT2D eigenvalue weighted by Gasteiger charge is 2.26. The first-order valence-electron chi connectivity index (χ1n) is 10.4. The topological polar surface area (TPSA) is 83.7 Å². The normalized spacial score (nSPS) is 20.6. The minimum atomic E-state index is -0.00933. The largest absolute Gasteiger partial charge is 0.504 e. The summed E-state index contributed by atoms with van der Waals surface area (Å²) in [6, 6.07) is 5.75. The fourth-order valence-corrected chi connectivity index (χ4v) is 4.30. The Morgan fingerprint density at radius 3 is 2.83 bits per heavy atom. The van der Waals surface area contributed by atoms with Gasteiger partial charge in [0.25, 0.3) is 5.91 Å². The van der Waals surface area contributed by atoms with Crippen LogP contribution in [0.3, 0.4) is 0 Å². The molecule has 1 N–H and O–H groups in total. The molecule has 29 heavy (non-hydrogen) atoms. The maximum atomic E-state index is 12.7. The van der Waals surface area contributed by atoms with Gasteiger partial charge in [-0.3, -0.25) is 9.69 Å². The zero-order chi connectivity index (χ0) is 20.2. The number of likely N-dealkylation sites (tertiary alicyclic amines) is 2. The molecule has 2 fully saturated rings. The average Bonchev–Trinajstić information content (AvgIpc) is 3.26. The van der Waals surface area contributed by atoms with Crippen molar-refractivity contribution in [3.8, 4) is 11.5 Å². The van der Waals surface area contributed by atoms with Crippen molar-refractivity contribution < 1.29 is 14.6 Å². The molecular formula is C21H29N5O3. The first kappa shape index (κ1) is 19.7. The summed E-state index contributed by atoms with van der Waals surface area (Å²) < 4.78 is 7.06. The van der Waals surface area contributed by atoms with Crippen LogP contribution in [0.25, 0.3) is 0 Å². The second-order valence-electron chi connectivity index (χ2n) is 7.94. The number of phenols is 1. The van der Waals surface area contributed by atoms with Crippen molar-refractivity contribution in [3.05, 3.63) is 35.7 Å². The van der Waals surface area contributed by atoms with Crippen LogP contribution in [0, 0.1) is 0 Å². The van der Waals surface area contributed by atoms with Crippen LogP contribution >= 0.6 is 0 Å². The summed E-state index contributed by atoms with van der Waals surface area (Å²) >= 11 is 0. The molecule has 0 spiro atoms. The number of hydrogen-bond donors (Lipinski definition) is 1. The molecule has 1 aromatic carbocycles. The first-order valence-corrected chi connectivity index (χ1v) is 10.4. The van der Waals surface area contributed by atoms with Gasteiger partial charge in [-0.25, -0.2) is 4.68 Å². The van der Waals surface area contributed by atoms with Gasteiger partial charge >= 0.3 is 0 Å². The highest BCUT2D eigenvalue weighted by atomic mass is 16.5. The molecule has 8 nitrogen and oxygen atoms in total. The van der Waals surface area contributed by atoms with Crippen LogP contribution in [0.2, 0.25) is 0 Å². The number of carbonyl (C=O) groups excluding carboxylic acids is 1. The molecule has 0 unspecified atom stereocenters. The molecule has 156 valence electrons. The second-order valence-corrected chi connectivity index (χ2v) is 7.94. The van der Waals surface area contributed by atoms with Crippen LogP contribution in [0.4, 0.5) is 0 Å². The summed E-state index contributed by atoms with van der Waals surface area (Å²) in [6.07, 6.45) is 7.15. The third-order valence-electron chi connectivity index (χ3n) is 5.92. The number of aromatic nitrogens is 3. The number of hydrogen-bond acceptors (Lipinski definition) is 6. The minimum Gasteiger partial charge on any atom is -0.504 e. The van der Waals surface area contributed by atoms with Crippen molar-refractivity contribution >= 4 is 5.91 Å². The summed E-state index contributed by atoms with van der Waals surface area (Å²) in [5.41, 5.74) is 1.29. The fraction of sp³-hybridized carbons (Fsp3) is 0.571. The van der Waals surface area contributed by atoms with Crippen LogP contribution in [-0.2, 0) is 6.54 Å². The highest BCUT2D eigenvalue weighted by Crippen LogP contribution is 2.31. The summed E-state index contributed by atoms with van der Waals surface area (Å²) in [4.78, 5) is 16.8. The number of phenolic OH excluding ortho intramolecular Hbond substituents is 1. The quantitative estimate of drug-likeness (QED) is 0.832. The van der Waals surface area contributed by atoms with Gasteiger partial charge in [-0.2, -0.15) is 0 Å². The summed E-state index contributed by atoms with van der Waals surface area (Å²) in [5, 5.41) is 18.8.